The van der Waals surface area contributed by atoms with Crippen LogP contribution in [0.4, 0.5) is 5.13 Å². The van der Waals surface area contributed by atoms with Crippen LogP contribution in [0.1, 0.15) is 11.1 Å². The van der Waals surface area contributed by atoms with Gasteiger partial charge in [0.1, 0.15) is 11.8 Å². The molecule has 2 aromatic heterocycles. The molecule has 6 nitrogen and oxygen atoms in total. The van der Waals surface area contributed by atoms with E-state index < -0.39 is 5.91 Å². The predicted octanol–water partition coefficient (Wildman–Crippen LogP) is 6.25. The summed E-state index contributed by atoms with van der Waals surface area (Å²) in [6, 6.07) is 22.1. The molecule has 0 aliphatic rings. The van der Waals surface area contributed by atoms with E-state index in [4.69, 9.17) is 4.42 Å². The fraction of sp³-hybridized carbons (Fsp3) is 0. The van der Waals surface area contributed by atoms with E-state index >= 15 is 0 Å². The SMILES string of the molecule is O=C(/C=C/c1ccccc1)N(/N=C/c1coc2ccccc2c1=O)c1nc2ccc(Br)cc2s1. The Morgan fingerprint density at radius 3 is 2.71 bits per heavy atom. The van der Waals surface area contributed by atoms with Crippen LogP contribution in [0.25, 0.3) is 27.3 Å². The number of hydrazone groups is 1. The van der Waals surface area contributed by atoms with Gasteiger partial charge in [-0.05, 0) is 42.0 Å². The third-order valence-corrected chi connectivity index (χ3v) is 6.45. The minimum absolute atomic E-state index is 0.229. The van der Waals surface area contributed by atoms with Crippen molar-refractivity contribution in [3.8, 4) is 0 Å². The van der Waals surface area contributed by atoms with E-state index in [1.807, 2.05) is 48.5 Å². The topological polar surface area (TPSA) is 75.8 Å². The van der Waals surface area contributed by atoms with E-state index in [0.717, 1.165) is 20.3 Å². The normalized spacial score (nSPS) is 11.7. The number of rotatable bonds is 5. The lowest BCUT2D eigenvalue weighted by atomic mass is 10.2. The number of hydrogen-bond acceptors (Lipinski definition) is 6. The van der Waals surface area contributed by atoms with Gasteiger partial charge < -0.3 is 4.42 Å². The number of nitrogens with zero attached hydrogens (tertiary/aromatic N) is 3. The van der Waals surface area contributed by atoms with Gasteiger partial charge in [-0.3, -0.25) is 9.59 Å². The number of anilines is 1. The number of carbonyl (C=O) groups excluding carboxylic acids is 1. The van der Waals surface area contributed by atoms with Crippen molar-refractivity contribution in [2.75, 3.05) is 5.01 Å². The first-order valence-electron chi connectivity index (χ1n) is 10.3. The molecule has 34 heavy (non-hydrogen) atoms. The molecule has 0 atom stereocenters. The molecule has 5 rings (SSSR count). The van der Waals surface area contributed by atoms with Crippen molar-refractivity contribution in [1.29, 1.82) is 0 Å². The second kappa shape index (κ2) is 9.54. The third kappa shape index (κ3) is 4.59. The molecule has 166 valence electrons. The molecule has 0 aliphatic carbocycles. The van der Waals surface area contributed by atoms with Gasteiger partial charge in [0.05, 0.1) is 27.4 Å². The Labute approximate surface area is 206 Å². The van der Waals surface area contributed by atoms with E-state index in [0.29, 0.717) is 16.1 Å². The van der Waals surface area contributed by atoms with Gasteiger partial charge in [-0.1, -0.05) is 69.7 Å². The molecule has 0 saturated carbocycles. The largest absolute Gasteiger partial charge is 0.463 e. The fourth-order valence-corrected chi connectivity index (χ4v) is 4.76. The van der Waals surface area contributed by atoms with Gasteiger partial charge >= 0.3 is 0 Å². The van der Waals surface area contributed by atoms with Crippen molar-refractivity contribution >= 4 is 71.8 Å². The molecule has 3 aromatic carbocycles. The van der Waals surface area contributed by atoms with Crippen LogP contribution in [0.3, 0.4) is 0 Å². The number of amides is 1. The zero-order chi connectivity index (χ0) is 23.5. The Morgan fingerprint density at radius 1 is 1.06 bits per heavy atom. The zero-order valence-corrected chi connectivity index (χ0v) is 20.0. The first-order chi connectivity index (χ1) is 16.6. The highest BCUT2D eigenvalue weighted by Gasteiger charge is 2.18. The Balaban J connectivity index is 1.54. The first-order valence-corrected chi connectivity index (χ1v) is 11.9. The van der Waals surface area contributed by atoms with Crippen LogP contribution < -0.4 is 10.4 Å². The highest BCUT2D eigenvalue weighted by Crippen LogP contribution is 2.31. The number of para-hydroxylation sites is 1. The van der Waals surface area contributed by atoms with Crippen LogP contribution in [0.5, 0.6) is 0 Å². The third-order valence-electron chi connectivity index (χ3n) is 4.97. The highest BCUT2D eigenvalue weighted by molar-refractivity contribution is 9.10. The van der Waals surface area contributed by atoms with E-state index in [2.05, 4.69) is 26.0 Å². The van der Waals surface area contributed by atoms with Crippen LogP contribution >= 0.6 is 27.3 Å². The Kier molecular flexibility index (Phi) is 6.16. The summed E-state index contributed by atoms with van der Waals surface area (Å²) in [4.78, 5) is 30.6. The maximum Gasteiger partial charge on any atom is 0.273 e. The molecule has 0 unspecified atom stereocenters. The summed E-state index contributed by atoms with van der Waals surface area (Å²) in [5.74, 6) is -0.400. The maximum absolute atomic E-state index is 13.2. The molecule has 1 amide bonds. The summed E-state index contributed by atoms with van der Waals surface area (Å²) in [5, 5.41) is 6.36. The smallest absolute Gasteiger partial charge is 0.273 e. The van der Waals surface area contributed by atoms with Crippen LogP contribution in [-0.2, 0) is 4.79 Å². The summed E-state index contributed by atoms with van der Waals surface area (Å²) in [6.07, 6.45) is 5.80. The fourth-order valence-electron chi connectivity index (χ4n) is 3.28. The molecule has 2 heterocycles. The second-order valence-corrected chi connectivity index (χ2v) is 9.19. The standard InChI is InChI=1S/C26H16BrN3O3S/c27-19-11-12-21-23(14-19)34-26(29-21)30(24(31)13-10-17-6-2-1-3-7-17)28-15-18-16-33-22-9-5-4-8-20(22)25(18)32/h1-16H/b13-10+,28-15+. The van der Waals surface area contributed by atoms with Crippen LogP contribution in [0.2, 0.25) is 0 Å². The number of carbonyl (C=O) groups is 1. The number of benzene rings is 3. The Hall–Kier alpha value is -3.88. The van der Waals surface area contributed by atoms with Crippen molar-refractivity contribution in [2.24, 2.45) is 5.10 Å². The molecular weight excluding hydrogens is 514 g/mol. The average molecular weight is 530 g/mol. The minimum atomic E-state index is -0.400. The highest BCUT2D eigenvalue weighted by atomic mass is 79.9. The molecule has 0 N–H and O–H groups in total. The second-order valence-electron chi connectivity index (χ2n) is 7.26. The Bertz CT molecular complexity index is 1620. The summed E-state index contributed by atoms with van der Waals surface area (Å²) in [7, 11) is 0. The van der Waals surface area contributed by atoms with Gasteiger partial charge in [0, 0.05) is 10.5 Å². The van der Waals surface area contributed by atoms with Gasteiger partial charge in [-0.2, -0.15) is 10.1 Å². The van der Waals surface area contributed by atoms with Crippen molar-refractivity contribution in [3.63, 3.8) is 0 Å². The van der Waals surface area contributed by atoms with Crippen LogP contribution in [0.15, 0.2) is 104 Å². The number of aromatic nitrogens is 1. The molecule has 0 bridgehead atoms. The molecule has 0 fully saturated rings. The number of halogens is 1. The van der Waals surface area contributed by atoms with Crippen LogP contribution in [0, 0.1) is 0 Å². The van der Waals surface area contributed by atoms with Crippen molar-refractivity contribution < 1.29 is 9.21 Å². The van der Waals surface area contributed by atoms with Crippen molar-refractivity contribution in [2.45, 2.75) is 0 Å². The Morgan fingerprint density at radius 2 is 1.85 bits per heavy atom. The van der Waals surface area contributed by atoms with Crippen LogP contribution in [-0.4, -0.2) is 17.1 Å². The molecular formula is C26H16BrN3O3S. The van der Waals surface area contributed by atoms with E-state index in [-0.39, 0.29) is 11.0 Å². The molecule has 0 saturated heterocycles. The van der Waals surface area contributed by atoms with Crippen molar-refractivity contribution in [3.05, 3.63) is 111 Å². The molecule has 5 aromatic rings. The summed E-state index contributed by atoms with van der Waals surface area (Å²) < 4.78 is 7.37. The van der Waals surface area contributed by atoms with E-state index in [1.165, 1.54) is 34.9 Å². The number of hydrogen-bond donors (Lipinski definition) is 0. The lowest BCUT2D eigenvalue weighted by Crippen LogP contribution is -2.24. The van der Waals surface area contributed by atoms with E-state index in [1.54, 1.807) is 30.3 Å². The lowest BCUT2D eigenvalue weighted by molar-refractivity contribution is -0.114. The first kappa shape index (κ1) is 21.9. The zero-order valence-electron chi connectivity index (χ0n) is 17.6. The monoisotopic (exact) mass is 529 g/mol. The summed E-state index contributed by atoms with van der Waals surface area (Å²) in [5.41, 5.74) is 2.11. The minimum Gasteiger partial charge on any atom is -0.463 e. The molecule has 8 heteroatoms. The molecule has 0 spiro atoms. The number of thiazole rings is 1. The predicted molar refractivity (Wildman–Crippen MR) is 140 cm³/mol. The number of fused-ring (bicyclic) bond motifs is 2. The summed E-state index contributed by atoms with van der Waals surface area (Å²) >= 11 is 4.79. The quantitative estimate of drug-likeness (QED) is 0.153. The van der Waals surface area contributed by atoms with Gasteiger partial charge in [-0.25, -0.2) is 4.98 Å². The van der Waals surface area contributed by atoms with Gasteiger partial charge in [-0.15, -0.1) is 0 Å². The molecule has 0 radical (unpaired) electrons. The maximum atomic E-state index is 13.2. The van der Waals surface area contributed by atoms with Gasteiger partial charge in [0.15, 0.2) is 0 Å². The summed E-state index contributed by atoms with van der Waals surface area (Å²) in [6.45, 7) is 0. The average Bonchev–Trinajstić information content (AvgIpc) is 3.27. The van der Waals surface area contributed by atoms with E-state index in [9.17, 15) is 9.59 Å². The molecule has 0 aliphatic heterocycles. The lowest BCUT2D eigenvalue weighted by Gasteiger charge is -2.11. The van der Waals surface area contributed by atoms with Gasteiger partial charge in [0.2, 0.25) is 10.6 Å². The van der Waals surface area contributed by atoms with Crippen molar-refractivity contribution in [1.82, 2.24) is 4.98 Å². The van der Waals surface area contributed by atoms with Gasteiger partial charge in [0.25, 0.3) is 5.91 Å².